The van der Waals surface area contributed by atoms with Crippen LogP contribution < -0.4 is 0 Å². The number of hydrogen-bond acceptors (Lipinski definition) is 3. The van der Waals surface area contributed by atoms with Crippen molar-refractivity contribution in [3.8, 4) is 0 Å². The fourth-order valence-corrected chi connectivity index (χ4v) is 1.28. The standard InChI is InChI=1S/C10H12ClNO2/c1-3-14-9(13)6-8-4-5-12-10(11)7(8)2/h4-5H,3,6H2,1-2H3. The monoisotopic (exact) mass is 213 g/mol. The van der Waals surface area contributed by atoms with Crippen LogP contribution in [0.2, 0.25) is 5.15 Å². The summed E-state index contributed by atoms with van der Waals surface area (Å²) in [5, 5.41) is 0.437. The number of nitrogens with zero attached hydrogens (tertiary/aromatic N) is 1. The lowest BCUT2D eigenvalue weighted by Gasteiger charge is -2.05. The highest BCUT2D eigenvalue weighted by Crippen LogP contribution is 2.16. The zero-order valence-corrected chi connectivity index (χ0v) is 8.97. The molecule has 0 saturated heterocycles. The van der Waals surface area contributed by atoms with E-state index in [2.05, 4.69) is 4.98 Å². The molecule has 0 aliphatic heterocycles. The molecule has 1 aromatic heterocycles. The normalized spacial score (nSPS) is 9.93. The van der Waals surface area contributed by atoms with Gasteiger partial charge in [0.25, 0.3) is 0 Å². The first kappa shape index (κ1) is 11.0. The van der Waals surface area contributed by atoms with Crippen LogP contribution in [0.3, 0.4) is 0 Å². The van der Waals surface area contributed by atoms with E-state index in [9.17, 15) is 4.79 Å². The summed E-state index contributed by atoms with van der Waals surface area (Å²) in [5.74, 6) is -0.238. The molecule has 0 unspecified atom stereocenters. The second-order valence-corrected chi connectivity index (χ2v) is 3.23. The number of pyridine rings is 1. The van der Waals surface area contributed by atoms with Crippen LogP contribution in [0.1, 0.15) is 18.1 Å². The lowest BCUT2D eigenvalue weighted by atomic mass is 10.1. The van der Waals surface area contributed by atoms with Gasteiger partial charge in [-0.05, 0) is 31.0 Å². The number of esters is 1. The van der Waals surface area contributed by atoms with Gasteiger partial charge in [0, 0.05) is 6.20 Å². The number of carbonyl (C=O) groups is 1. The molecule has 1 rings (SSSR count). The molecule has 3 nitrogen and oxygen atoms in total. The van der Waals surface area contributed by atoms with Gasteiger partial charge in [-0.1, -0.05) is 11.6 Å². The van der Waals surface area contributed by atoms with Gasteiger partial charge in [0.05, 0.1) is 13.0 Å². The van der Waals surface area contributed by atoms with E-state index in [4.69, 9.17) is 16.3 Å². The highest BCUT2D eigenvalue weighted by atomic mass is 35.5. The zero-order valence-electron chi connectivity index (χ0n) is 8.21. The summed E-state index contributed by atoms with van der Waals surface area (Å²) in [7, 11) is 0. The molecule has 76 valence electrons. The summed E-state index contributed by atoms with van der Waals surface area (Å²) in [6.45, 7) is 4.02. The highest BCUT2D eigenvalue weighted by Gasteiger charge is 2.08. The van der Waals surface area contributed by atoms with Crippen molar-refractivity contribution in [1.29, 1.82) is 0 Å². The third-order valence-corrected chi connectivity index (χ3v) is 2.28. The fourth-order valence-electron chi connectivity index (χ4n) is 1.11. The minimum atomic E-state index is -0.238. The summed E-state index contributed by atoms with van der Waals surface area (Å²) < 4.78 is 4.84. The number of aromatic nitrogens is 1. The van der Waals surface area contributed by atoms with Crippen LogP contribution in [0.15, 0.2) is 12.3 Å². The van der Waals surface area contributed by atoms with E-state index in [0.717, 1.165) is 11.1 Å². The number of carbonyl (C=O) groups excluding carboxylic acids is 1. The molecule has 1 heterocycles. The van der Waals surface area contributed by atoms with Crippen LogP contribution in [-0.2, 0) is 16.0 Å². The third-order valence-electron chi connectivity index (χ3n) is 1.89. The topological polar surface area (TPSA) is 39.2 Å². The average molecular weight is 214 g/mol. The molecular weight excluding hydrogens is 202 g/mol. The van der Waals surface area contributed by atoms with E-state index in [1.54, 1.807) is 19.2 Å². The molecular formula is C10H12ClNO2. The molecule has 0 N–H and O–H groups in total. The van der Waals surface area contributed by atoms with E-state index in [-0.39, 0.29) is 12.4 Å². The van der Waals surface area contributed by atoms with Crippen molar-refractivity contribution in [2.75, 3.05) is 6.61 Å². The van der Waals surface area contributed by atoms with Gasteiger partial charge in [0.2, 0.25) is 0 Å². The minimum absolute atomic E-state index is 0.238. The SMILES string of the molecule is CCOC(=O)Cc1ccnc(Cl)c1C. The van der Waals surface area contributed by atoms with E-state index in [1.807, 2.05) is 6.92 Å². The minimum Gasteiger partial charge on any atom is -0.466 e. The Bertz CT molecular complexity index is 339. The summed E-state index contributed by atoms with van der Waals surface area (Å²) in [4.78, 5) is 15.1. The van der Waals surface area contributed by atoms with Gasteiger partial charge in [-0.2, -0.15) is 0 Å². The van der Waals surface area contributed by atoms with Crippen LogP contribution in [0.25, 0.3) is 0 Å². The first-order chi connectivity index (χ1) is 6.65. The van der Waals surface area contributed by atoms with Crippen molar-refractivity contribution in [2.24, 2.45) is 0 Å². The second-order valence-electron chi connectivity index (χ2n) is 2.87. The number of halogens is 1. The number of ether oxygens (including phenoxy) is 1. The van der Waals surface area contributed by atoms with Crippen LogP contribution >= 0.6 is 11.6 Å². The molecule has 0 aliphatic rings. The van der Waals surface area contributed by atoms with Gasteiger partial charge in [-0.3, -0.25) is 4.79 Å². The summed E-state index contributed by atoms with van der Waals surface area (Å²) in [5.41, 5.74) is 1.70. The summed E-state index contributed by atoms with van der Waals surface area (Å²) in [6, 6.07) is 1.78. The fraction of sp³-hybridized carbons (Fsp3) is 0.400. The Hall–Kier alpha value is -1.09. The quantitative estimate of drug-likeness (QED) is 0.571. The number of rotatable bonds is 3. The second kappa shape index (κ2) is 4.96. The molecule has 0 saturated carbocycles. The van der Waals surface area contributed by atoms with Crippen molar-refractivity contribution in [2.45, 2.75) is 20.3 Å². The van der Waals surface area contributed by atoms with Gasteiger partial charge in [0.15, 0.2) is 0 Å². The van der Waals surface area contributed by atoms with Crippen LogP contribution in [-0.4, -0.2) is 17.6 Å². The molecule has 0 radical (unpaired) electrons. The average Bonchev–Trinajstić information content (AvgIpc) is 2.13. The molecule has 0 bridgehead atoms. The van der Waals surface area contributed by atoms with Gasteiger partial charge >= 0.3 is 5.97 Å². The van der Waals surface area contributed by atoms with E-state index in [0.29, 0.717) is 11.8 Å². The highest BCUT2D eigenvalue weighted by molar-refractivity contribution is 6.30. The van der Waals surface area contributed by atoms with Crippen molar-refractivity contribution in [1.82, 2.24) is 4.98 Å². The van der Waals surface area contributed by atoms with Crippen LogP contribution in [0.4, 0.5) is 0 Å². The van der Waals surface area contributed by atoms with Gasteiger partial charge in [0.1, 0.15) is 5.15 Å². The Balaban J connectivity index is 2.76. The van der Waals surface area contributed by atoms with Crippen molar-refractivity contribution >= 4 is 17.6 Å². The predicted molar refractivity (Wildman–Crippen MR) is 54.3 cm³/mol. The van der Waals surface area contributed by atoms with Gasteiger partial charge < -0.3 is 4.74 Å². The molecule has 0 aromatic carbocycles. The molecule has 1 aromatic rings. The molecule has 14 heavy (non-hydrogen) atoms. The lowest BCUT2D eigenvalue weighted by Crippen LogP contribution is -2.08. The van der Waals surface area contributed by atoms with Crippen molar-refractivity contribution in [3.05, 3.63) is 28.5 Å². The Labute approximate surface area is 88.1 Å². The largest absolute Gasteiger partial charge is 0.466 e. The van der Waals surface area contributed by atoms with Crippen LogP contribution in [0, 0.1) is 6.92 Å². The maximum Gasteiger partial charge on any atom is 0.310 e. The molecule has 4 heteroatoms. The Kier molecular flexibility index (Phi) is 3.89. The maximum absolute atomic E-state index is 11.2. The van der Waals surface area contributed by atoms with E-state index >= 15 is 0 Å². The molecule has 0 amide bonds. The van der Waals surface area contributed by atoms with Crippen molar-refractivity contribution in [3.63, 3.8) is 0 Å². The third kappa shape index (κ3) is 2.70. The predicted octanol–water partition coefficient (Wildman–Crippen LogP) is 2.15. The summed E-state index contributed by atoms with van der Waals surface area (Å²) in [6.07, 6.45) is 1.84. The molecule has 0 aliphatic carbocycles. The Morgan fingerprint density at radius 3 is 3.00 bits per heavy atom. The summed E-state index contributed by atoms with van der Waals surface area (Å²) >= 11 is 5.81. The first-order valence-electron chi connectivity index (χ1n) is 4.40. The van der Waals surface area contributed by atoms with E-state index in [1.165, 1.54) is 0 Å². The van der Waals surface area contributed by atoms with Gasteiger partial charge in [-0.25, -0.2) is 4.98 Å². The lowest BCUT2D eigenvalue weighted by molar-refractivity contribution is -0.142. The zero-order chi connectivity index (χ0) is 10.6. The smallest absolute Gasteiger partial charge is 0.310 e. The molecule has 0 fully saturated rings. The van der Waals surface area contributed by atoms with Crippen LogP contribution in [0.5, 0.6) is 0 Å². The van der Waals surface area contributed by atoms with E-state index < -0.39 is 0 Å². The molecule has 0 atom stereocenters. The Morgan fingerprint density at radius 1 is 1.64 bits per heavy atom. The van der Waals surface area contributed by atoms with Gasteiger partial charge in [-0.15, -0.1) is 0 Å². The molecule has 0 spiro atoms. The maximum atomic E-state index is 11.2. The van der Waals surface area contributed by atoms with Crippen molar-refractivity contribution < 1.29 is 9.53 Å². The first-order valence-corrected chi connectivity index (χ1v) is 4.78. The Morgan fingerprint density at radius 2 is 2.36 bits per heavy atom. The number of hydrogen-bond donors (Lipinski definition) is 0.